The highest BCUT2D eigenvalue weighted by molar-refractivity contribution is 5.59. The van der Waals surface area contributed by atoms with Gasteiger partial charge in [0, 0.05) is 11.5 Å². The minimum Gasteiger partial charge on any atom is -0.504 e. The summed E-state index contributed by atoms with van der Waals surface area (Å²) in [5.41, 5.74) is 0.700. The number of hydrogen-bond acceptors (Lipinski definition) is 5. The van der Waals surface area contributed by atoms with E-state index in [1.54, 1.807) is 18.2 Å². The number of benzene rings is 1. The topological polar surface area (TPSA) is 68.4 Å². The van der Waals surface area contributed by atoms with Gasteiger partial charge in [-0.05, 0) is 31.0 Å². The molecule has 1 saturated carbocycles. The standard InChI is InChI=1S/C13H14N2O3/c1-17-11-6-5-9(7-10(11)16)13-14-12(15-18-13)8-3-2-4-8/h5-8,16H,2-4H2,1H3. The number of nitrogens with zero attached hydrogens (tertiary/aromatic N) is 2. The van der Waals surface area contributed by atoms with Crippen LogP contribution in [0.4, 0.5) is 0 Å². The van der Waals surface area contributed by atoms with Gasteiger partial charge in [0.2, 0.25) is 0 Å². The first kappa shape index (κ1) is 11.1. The van der Waals surface area contributed by atoms with Gasteiger partial charge in [-0.2, -0.15) is 4.98 Å². The summed E-state index contributed by atoms with van der Waals surface area (Å²) >= 11 is 0. The molecule has 0 spiro atoms. The minimum atomic E-state index is 0.0680. The molecular weight excluding hydrogens is 232 g/mol. The fourth-order valence-electron chi connectivity index (χ4n) is 2.01. The summed E-state index contributed by atoms with van der Waals surface area (Å²) in [5.74, 6) is 2.15. The Hall–Kier alpha value is -2.04. The van der Waals surface area contributed by atoms with Crippen LogP contribution in [0.1, 0.15) is 31.0 Å². The van der Waals surface area contributed by atoms with Crippen LogP contribution in [0.2, 0.25) is 0 Å². The molecule has 5 heteroatoms. The van der Waals surface area contributed by atoms with E-state index in [9.17, 15) is 5.11 Å². The second-order valence-electron chi connectivity index (χ2n) is 4.47. The average molecular weight is 246 g/mol. The van der Waals surface area contributed by atoms with Crippen molar-refractivity contribution in [1.82, 2.24) is 10.1 Å². The molecule has 1 aliphatic rings. The first-order valence-electron chi connectivity index (χ1n) is 5.99. The summed E-state index contributed by atoms with van der Waals surface area (Å²) < 4.78 is 10.2. The fraction of sp³-hybridized carbons (Fsp3) is 0.385. The van der Waals surface area contributed by atoms with Crippen molar-refractivity contribution in [3.8, 4) is 23.0 Å². The quantitative estimate of drug-likeness (QED) is 0.901. The molecule has 1 heterocycles. The maximum absolute atomic E-state index is 9.71. The number of hydrogen-bond donors (Lipinski definition) is 1. The minimum absolute atomic E-state index is 0.0680. The van der Waals surface area contributed by atoms with Gasteiger partial charge < -0.3 is 14.4 Å². The molecule has 18 heavy (non-hydrogen) atoms. The molecule has 1 fully saturated rings. The highest BCUT2D eigenvalue weighted by atomic mass is 16.5. The number of aromatic nitrogens is 2. The highest BCUT2D eigenvalue weighted by Crippen LogP contribution is 2.36. The average Bonchev–Trinajstić information content (AvgIpc) is 2.76. The van der Waals surface area contributed by atoms with E-state index in [0.717, 1.165) is 18.7 Å². The van der Waals surface area contributed by atoms with Crippen LogP contribution in [0.15, 0.2) is 22.7 Å². The van der Waals surface area contributed by atoms with Crippen LogP contribution in [0.25, 0.3) is 11.5 Å². The Morgan fingerprint density at radius 2 is 2.22 bits per heavy atom. The first-order chi connectivity index (χ1) is 8.78. The second-order valence-corrected chi connectivity index (χ2v) is 4.47. The number of phenols is 1. The van der Waals surface area contributed by atoms with Gasteiger partial charge in [0.25, 0.3) is 5.89 Å². The summed E-state index contributed by atoms with van der Waals surface area (Å²) in [7, 11) is 1.51. The molecule has 0 saturated heterocycles. The number of phenolic OH excluding ortho intramolecular Hbond substituents is 1. The van der Waals surface area contributed by atoms with Crippen LogP contribution in [-0.4, -0.2) is 22.4 Å². The Balaban J connectivity index is 1.89. The molecule has 1 aliphatic carbocycles. The van der Waals surface area contributed by atoms with Crippen molar-refractivity contribution in [1.29, 1.82) is 0 Å². The highest BCUT2D eigenvalue weighted by Gasteiger charge is 2.25. The van der Waals surface area contributed by atoms with Crippen molar-refractivity contribution in [2.75, 3.05) is 7.11 Å². The second kappa shape index (κ2) is 4.33. The van der Waals surface area contributed by atoms with Gasteiger partial charge >= 0.3 is 0 Å². The van der Waals surface area contributed by atoms with Gasteiger partial charge in [0.15, 0.2) is 17.3 Å². The van der Waals surface area contributed by atoms with Crippen LogP contribution < -0.4 is 4.74 Å². The maximum Gasteiger partial charge on any atom is 0.258 e. The van der Waals surface area contributed by atoms with Crippen LogP contribution in [0.5, 0.6) is 11.5 Å². The number of methoxy groups -OCH3 is 1. The molecule has 2 aromatic rings. The summed E-state index contributed by atoms with van der Waals surface area (Å²) in [5, 5.41) is 13.7. The van der Waals surface area contributed by atoms with Crippen molar-refractivity contribution >= 4 is 0 Å². The molecule has 1 aromatic heterocycles. The Morgan fingerprint density at radius 3 is 2.83 bits per heavy atom. The van der Waals surface area contributed by atoms with E-state index < -0.39 is 0 Å². The van der Waals surface area contributed by atoms with Crippen molar-refractivity contribution in [2.24, 2.45) is 0 Å². The van der Waals surface area contributed by atoms with E-state index in [2.05, 4.69) is 10.1 Å². The Labute approximate surface area is 104 Å². The predicted molar refractivity (Wildman–Crippen MR) is 64.5 cm³/mol. The summed E-state index contributed by atoms with van der Waals surface area (Å²) in [6.07, 6.45) is 3.50. The lowest BCUT2D eigenvalue weighted by molar-refractivity contribution is 0.365. The SMILES string of the molecule is COc1ccc(-c2nc(C3CCC3)no2)cc1O. The number of aromatic hydroxyl groups is 1. The number of ether oxygens (including phenoxy) is 1. The van der Waals surface area contributed by atoms with E-state index in [1.807, 2.05) is 0 Å². The van der Waals surface area contributed by atoms with Gasteiger partial charge in [-0.3, -0.25) is 0 Å². The Bertz CT molecular complexity index is 561. The van der Waals surface area contributed by atoms with Gasteiger partial charge in [-0.15, -0.1) is 0 Å². The van der Waals surface area contributed by atoms with Crippen molar-refractivity contribution in [3.05, 3.63) is 24.0 Å². The van der Waals surface area contributed by atoms with Crippen LogP contribution >= 0.6 is 0 Å². The van der Waals surface area contributed by atoms with Gasteiger partial charge in [-0.25, -0.2) is 0 Å². The largest absolute Gasteiger partial charge is 0.504 e. The predicted octanol–water partition coefficient (Wildman–Crippen LogP) is 2.72. The molecule has 5 nitrogen and oxygen atoms in total. The Kier molecular flexibility index (Phi) is 2.66. The molecule has 0 aliphatic heterocycles. The first-order valence-corrected chi connectivity index (χ1v) is 5.99. The van der Waals surface area contributed by atoms with Crippen molar-refractivity contribution < 1.29 is 14.4 Å². The van der Waals surface area contributed by atoms with Crippen LogP contribution in [0, 0.1) is 0 Å². The lowest BCUT2D eigenvalue weighted by Crippen LogP contribution is -2.10. The molecule has 3 rings (SSSR count). The third-order valence-electron chi connectivity index (χ3n) is 3.34. The van der Waals surface area contributed by atoms with E-state index in [1.165, 1.54) is 13.5 Å². The molecular formula is C13H14N2O3. The summed E-state index contributed by atoms with van der Waals surface area (Å²) in [6, 6.07) is 5.03. The third kappa shape index (κ3) is 1.81. The molecule has 94 valence electrons. The zero-order valence-corrected chi connectivity index (χ0v) is 10.1. The van der Waals surface area contributed by atoms with Crippen molar-refractivity contribution in [2.45, 2.75) is 25.2 Å². The van der Waals surface area contributed by atoms with Gasteiger partial charge in [-0.1, -0.05) is 11.6 Å². The molecule has 1 aromatic carbocycles. The smallest absolute Gasteiger partial charge is 0.258 e. The zero-order valence-electron chi connectivity index (χ0n) is 10.1. The van der Waals surface area contributed by atoms with E-state index >= 15 is 0 Å². The molecule has 0 unspecified atom stereocenters. The maximum atomic E-state index is 9.71. The molecule has 0 amide bonds. The molecule has 0 radical (unpaired) electrons. The monoisotopic (exact) mass is 246 g/mol. The zero-order chi connectivity index (χ0) is 12.5. The molecule has 1 N–H and O–H groups in total. The van der Waals surface area contributed by atoms with Gasteiger partial charge in [0.05, 0.1) is 7.11 Å². The van der Waals surface area contributed by atoms with E-state index in [-0.39, 0.29) is 5.75 Å². The lowest BCUT2D eigenvalue weighted by atomic mass is 9.85. The Morgan fingerprint density at radius 1 is 1.39 bits per heavy atom. The summed E-state index contributed by atoms with van der Waals surface area (Å²) in [4.78, 5) is 4.37. The number of rotatable bonds is 3. The van der Waals surface area contributed by atoms with E-state index in [4.69, 9.17) is 9.26 Å². The fourth-order valence-corrected chi connectivity index (χ4v) is 2.01. The molecule has 0 bridgehead atoms. The van der Waals surface area contributed by atoms with Crippen LogP contribution in [0.3, 0.4) is 0 Å². The van der Waals surface area contributed by atoms with E-state index in [0.29, 0.717) is 23.1 Å². The van der Waals surface area contributed by atoms with Crippen LogP contribution in [-0.2, 0) is 0 Å². The van der Waals surface area contributed by atoms with Gasteiger partial charge in [0.1, 0.15) is 0 Å². The normalized spacial score (nSPS) is 15.4. The van der Waals surface area contributed by atoms with Crippen molar-refractivity contribution in [3.63, 3.8) is 0 Å². The molecule has 0 atom stereocenters. The third-order valence-corrected chi connectivity index (χ3v) is 3.34. The lowest BCUT2D eigenvalue weighted by Gasteiger charge is -2.20. The summed E-state index contributed by atoms with van der Waals surface area (Å²) in [6.45, 7) is 0.